The maximum atomic E-state index is 14.1. The molecule has 1 atom stereocenters. The van der Waals surface area contributed by atoms with Crippen LogP contribution in [-0.4, -0.2) is 51.1 Å². The smallest absolute Gasteiger partial charge is 0.423 e. The third-order valence-electron chi connectivity index (χ3n) is 4.57. The molecule has 2 heterocycles. The standard InChI is InChI=1S/C19H18BF3N4O4/c21-15-7-11(1-3-14(15)18(24)28)12-8-26-27(10-12)17(5-6-31-19(22)23)16-4-2-13(9-25-16)20(29)30/h1-4,7-10,17,19,29-30H,5-6H2,(H2,24,28). The van der Waals surface area contributed by atoms with Crippen molar-refractivity contribution in [1.82, 2.24) is 14.8 Å². The first kappa shape index (κ1) is 22.5. The van der Waals surface area contributed by atoms with Gasteiger partial charge in [-0.3, -0.25) is 14.5 Å². The minimum absolute atomic E-state index is 0.0917. The van der Waals surface area contributed by atoms with Gasteiger partial charge in [0, 0.05) is 23.4 Å². The summed E-state index contributed by atoms with van der Waals surface area (Å²) in [5.41, 5.74) is 6.40. The van der Waals surface area contributed by atoms with E-state index in [0.29, 0.717) is 16.8 Å². The third kappa shape index (κ3) is 5.48. The van der Waals surface area contributed by atoms with E-state index in [0.717, 1.165) is 6.07 Å². The maximum Gasteiger partial charge on any atom is 0.490 e. The molecule has 2 aromatic heterocycles. The summed E-state index contributed by atoms with van der Waals surface area (Å²) in [7, 11) is -1.70. The second-order valence-electron chi connectivity index (χ2n) is 6.59. The fourth-order valence-corrected chi connectivity index (χ4v) is 3.00. The maximum absolute atomic E-state index is 14.1. The molecular formula is C19H18BF3N4O4. The first-order valence-electron chi connectivity index (χ1n) is 9.12. The number of carbonyl (C=O) groups is 1. The molecule has 0 saturated carbocycles. The first-order valence-corrected chi connectivity index (χ1v) is 9.12. The van der Waals surface area contributed by atoms with E-state index in [1.807, 2.05) is 0 Å². The van der Waals surface area contributed by atoms with Gasteiger partial charge in [-0.05, 0) is 30.2 Å². The number of rotatable bonds is 9. The van der Waals surface area contributed by atoms with Crippen molar-refractivity contribution in [3.8, 4) is 11.1 Å². The average Bonchev–Trinajstić information content (AvgIpc) is 3.20. The van der Waals surface area contributed by atoms with Gasteiger partial charge in [-0.1, -0.05) is 12.1 Å². The van der Waals surface area contributed by atoms with E-state index >= 15 is 0 Å². The molecule has 0 aliphatic carbocycles. The second-order valence-corrected chi connectivity index (χ2v) is 6.59. The largest absolute Gasteiger partial charge is 0.490 e. The number of carbonyl (C=O) groups excluding carboxylic acids is 1. The van der Waals surface area contributed by atoms with Crippen molar-refractivity contribution in [2.24, 2.45) is 5.73 Å². The molecule has 0 fully saturated rings. The van der Waals surface area contributed by atoms with Crippen LogP contribution in [0.2, 0.25) is 0 Å². The Labute approximate surface area is 175 Å². The van der Waals surface area contributed by atoms with Crippen LogP contribution in [0.25, 0.3) is 11.1 Å². The Kier molecular flexibility index (Phi) is 7.05. The number of benzene rings is 1. The summed E-state index contributed by atoms with van der Waals surface area (Å²) in [6.45, 7) is -3.22. The molecule has 0 aliphatic heterocycles. The highest BCUT2D eigenvalue weighted by Crippen LogP contribution is 2.26. The minimum Gasteiger partial charge on any atom is -0.423 e. The number of aromatic nitrogens is 3. The quantitative estimate of drug-likeness (QED) is 0.433. The number of amides is 1. The predicted molar refractivity (Wildman–Crippen MR) is 105 cm³/mol. The van der Waals surface area contributed by atoms with Crippen LogP contribution in [0.5, 0.6) is 0 Å². The number of nitrogens with two attached hydrogens (primary N) is 1. The number of nitrogens with zero attached hydrogens (tertiary/aromatic N) is 3. The third-order valence-corrected chi connectivity index (χ3v) is 4.57. The Hall–Kier alpha value is -3.22. The SMILES string of the molecule is NC(=O)c1ccc(-c2cnn(C(CCOC(F)F)c3ccc(B(O)O)cn3)c2)cc1F. The lowest BCUT2D eigenvalue weighted by atomic mass is 9.81. The van der Waals surface area contributed by atoms with Crippen molar-refractivity contribution >= 4 is 18.5 Å². The van der Waals surface area contributed by atoms with Crippen molar-refractivity contribution in [3.63, 3.8) is 0 Å². The summed E-state index contributed by atoms with van der Waals surface area (Å²) in [4.78, 5) is 15.4. The topological polar surface area (TPSA) is 123 Å². The van der Waals surface area contributed by atoms with E-state index in [1.165, 1.54) is 41.3 Å². The van der Waals surface area contributed by atoms with Crippen molar-refractivity contribution < 1.29 is 32.8 Å². The number of pyridine rings is 1. The molecule has 0 saturated heterocycles. The van der Waals surface area contributed by atoms with Gasteiger partial charge in [0.1, 0.15) is 5.82 Å². The van der Waals surface area contributed by atoms with Gasteiger partial charge >= 0.3 is 13.7 Å². The number of ether oxygens (including phenoxy) is 1. The van der Waals surface area contributed by atoms with Gasteiger partial charge in [0.05, 0.1) is 30.1 Å². The van der Waals surface area contributed by atoms with E-state index in [9.17, 15) is 28.0 Å². The normalized spacial score (nSPS) is 12.2. The molecule has 0 bridgehead atoms. The molecule has 0 radical (unpaired) electrons. The Bertz CT molecular complexity index is 1050. The van der Waals surface area contributed by atoms with E-state index in [4.69, 9.17) is 5.73 Å². The molecule has 3 aromatic rings. The number of primary amides is 1. The van der Waals surface area contributed by atoms with Gasteiger partial charge in [-0.15, -0.1) is 0 Å². The number of hydrogen-bond acceptors (Lipinski definition) is 6. The molecule has 8 nitrogen and oxygen atoms in total. The highest BCUT2D eigenvalue weighted by molar-refractivity contribution is 6.58. The predicted octanol–water partition coefficient (Wildman–Crippen LogP) is 1.08. The summed E-state index contributed by atoms with van der Waals surface area (Å²) in [6.07, 6.45) is 4.37. The van der Waals surface area contributed by atoms with E-state index in [-0.39, 0.29) is 24.1 Å². The molecule has 1 aromatic carbocycles. The average molecular weight is 434 g/mol. The van der Waals surface area contributed by atoms with Crippen molar-refractivity contribution in [1.29, 1.82) is 0 Å². The fraction of sp³-hybridized carbons (Fsp3) is 0.211. The zero-order valence-corrected chi connectivity index (χ0v) is 16.0. The molecule has 0 spiro atoms. The van der Waals surface area contributed by atoms with Crippen LogP contribution >= 0.6 is 0 Å². The zero-order valence-electron chi connectivity index (χ0n) is 16.0. The molecule has 4 N–H and O–H groups in total. The van der Waals surface area contributed by atoms with Crippen molar-refractivity contribution in [3.05, 3.63) is 66.0 Å². The fourth-order valence-electron chi connectivity index (χ4n) is 3.00. The van der Waals surface area contributed by atoms with Gasteiger partial charge < -0.3 is 20.5 Å². The van der Waals surface area contributed by atoms with Crippen LogP contribution < -0.4 is 11.2 Å². The molecule has 1 unspecified atom stereocenters. The Morgan fingerprint density at radius 3 is 2.55 bits per heavy atom. The van der Waals surface area contributed by atoms with Gasteiger partial charge in [0.25, 0.3) is 5.91 Å². The van der Waals surface area contributed by atoms with Gasteiger partial charge in [-0.25, -0.2) is 4.39 Å². The first-order chi connectivity index (χ1) is 14.8. The Morgan fingerprint density at radius 2 is 1.97 bits per heavy atom. The van der Waals surface area contributed by atoms with Crippen LogP contribution in [-0.2, 0) is 4.74 Å². The zero-order chi connectivity index (χ0) is 22.5. The monoisotopic (exact) mass is 434 g/mol. The number of hydrogen-bond donors (Lipinski definition) is 3. The van der Waals surface area contributed by atoms with Crippen LogP contribution in [0, 0.1) is 5.82 Å². The van der Waals surface area contributed by atoms with Crippen molar-refractivity contribution in [2.45, 2.75) is 19.1 Å². The Balaban J connectivity index is 1.90. The molecule has 1 amide bonds. The van der Waals surface area contributed by atoms with E-state index < -0.39 is 31.5 Å². The molecular weight excluding hydrogens is 416 g/mol. The summed E-state index contributed by atoms with van der Waals surface area (Å²) >= 11 is 0. The molecule has 31 heavy (non-hydrogen) atoms. The lowest BCUT2D eigenvalue weighted by Crippen LogP contribution is -2.30. The molecule has 0 aliphatic rings. The summed E-state index contributed by atoms with van der Waals surface area (Å²) in [5, 5.41) is 22.7. The second kappa shape index (κ2) is 9.73. The van der Waals surface area contributed by atoms with E-state index in [2.05, 4.69) is 14.8 Å². The molecule has 3 rings (SSSR count). The Morgan fingerprint density at radius 1 is 1.19 bits per heavy atom. The van der Waals surface area contributed by atoms with Gasteiger partial charge in [0.15, 0.2) is 0 Å². The lowest BCUT2D eigenvalue weighted by Gasteiger charge is -2.17. The van der Waals surface area contributed by atoms with Gasteiger partial charge in [-0.2, -0.15) is 13.9 Å². The molecule has 162 valence electrons. The minimum atomic E-state index is -2.93. The van der Waals surface area contributed by atoms with Crippen LogP contribution in [0.1, 0.15) is 28.5 Å². The number of halogens is 3. The highest BCUT2D eigenvalue weighted by atomic mass is 19.3. The molecule has 12 heteroatoms. The summed E-state index contributed by atoms with van der Waals surface area (Å²) in [6, 6.07) is 6.26. The van der Waals surface area contributed by atoms with Crippen LogP contribution in [0.15, 0.2) is 48.9 Å². The summed E-state index contributed by atoms with van der Waals surface area (Å²) in [5.74, 6) is -1.67. The lowest BCUT2D eigenvalue weighted by molar-refractivity contribution is -0.130. The highest BCUT2D eigenvalue weighted by Gasteiger charge is 2.20. The van der Waals surface area contributed by atoms with E-state index in [1.54, 1.807) is 6.20 Å². The number of alkyl halides is 2. The summed E-state index contributed by atoms with van der Waals surface area (Å²) < 4.78 is 44.7. The van der Waals surface area contributed by atoms with Crippen molar-refractivity contribution in [2.75, 3.05) is 6.61 Å². The van der Waals surface area contributed by atoms with Crippen LogP contribution in [0.4, 0.5) is 13.2 Å². The van der Waals surface area contributed by atoms with Gasteiger partial charge in [0.2, 0.25) is 0 Å². The van der Waals surface area contributed by atoms with Crippen LogP contribution in [0.3, 0.4) is 0 Å².